The fourth-order valence-electron chi connectivity index (χ4n) is 4.76. The maximum atomic E-state index is 3.48. The van der Waals surface area contributed by atoms with Gasteiger partial charge < -0.3 is 0 Å². The smallest absolute Gasteiger partial charge is 0.0327 e. The molecule has 0 atom stereocenters. The molecule has 0 heterocycles. The first kappa shape index (κ1) is 26.2. The average Bonchev–Trinajstić information content (AvgIpc) is 3.07. The molecule has 0 N–H and O–H groups in total. The van der Waals surface area contributed by atoms with E-state index in [1.807, 2.05) is 84.9 Å². The lowest BCUT2D eigenvalue weighted by Crippen LogP contribution is -1.90. The Kier molecular flexibility index (Phi) is 8.06. The Morgan fingerprint density at radius 2 is 0.452 bits per heavy atom. The molecule has 0 unspecified atom stereocenters. The second-order valence-electron chi connectivity index (χ2n) is 9.66. The van der Waals surface area contributed by atoms with Crippen LogP contribution in [-0.4, -0.2) is 0 Å². The van der Waals surface area contributed by atoms with Gasteiger partial charge in [-0.05, 0) is 70.8 Å². The van der Waals surface area contributed by atoms with E-state index < -0.39 is 0 Å². The van der Waals surface area contributed by atoms with Crippen molar-refractivity contribution in [1.29, 1.82) is 0 Å². The van der Waals surface area contributed by atoms with E-state index >= 15 is 0 Å². The lowest BCUT2D eigenvalue weighted by molar-refractivity contribution is 1.54. The normalized spacial score (nSPS) is 9.81. The van der Waals surface area contributed by atoms with E-state index in [4.69, 9.17) is 0 Å². The van der Waals surface area contributed by atoms with Crippen LogP contribution in [-0.2, 0) is 0 Å². The summed E-state index contributed by atoms with van der Waals surface area (Å²) in [5.41, 5.74) is 10.1. The van der Waals surface area contributed by atoms with Gasteiger partial charge in [0.1, 0.15) is 0 Å². The Morgan fingerprint density at radius 3 is 0.762 bits per heavy atom. The predicted octanol–water partition coefficient (Wildman–Crippen LogP) is 9.22. The fourth-order valence-corrected chi connectivity index (χ4v) is 4.76. The molecule has 0 saturated carbocycles. The molecule has 0 aromatic heterocycles. The molecular formula is C42H26. The van der Waals surface area contributed by atoms with Crippen LogP contribution < -0.4 is 0 Å². The van der Waals surface area contributed by atoms with Crippen LogP contribution in [0.5, 0.6) is 0 Å². The van der Waals surface area contributed by atoms with E-state index in [2.05, 4.69) is 108 Å². The zero-order valence-electron chi connectivity index (χ0n) is 23.0. The largest absolute Gasteiger partial charge is 0.0622 e. The number of hydrogen-bond donors (Lipinski definition) is 0. The average molecular weight is 531 g/mol. The Morgan fingerprint density at radius 1 is 0.214 bits per heavy atom. The first-order valence-corrected chi connectivity index (χ1v) is 13.9. The zero-order chi connectivity index (χ0) is 28.4. The molecule has 6 rings (SSSR count). The highest BCUT2D eigenvalue weighted by molar-refractivity contribution is 5.79. The maximum absolute atomic E-state index is 3.48. The van der Waals surface area contributed by atoms with Crippen molar-refractivity contribution >= 4 is 0 Å². The number of hydrogen-bond acceptors (Lipinski definition) is 0. The van der Waals surface area contributed by atoms with Gasteiger partial charge in [-0.3, -0.25) is 0 Å². The van der Waals surface area contributed by atoms with Crippen LogP contribution in [0.2, 0.25) is 0 Å². The molecule has 0 bridgehead atoms. The molecule has 0 radical (unpaired) electrons. The molecule has 42 heavy (non-hydrogen) atoms. The van der Waals surface area contributed by atoms with Crippen molar-refractivity contribution in [1.82, 2.24) is 0 Å². The monoisotopic (exact) mass is 530 g/mol. The summed E-state index contributed by atoms with van der Waals surface area (Å²) in [6.45, 7) is 0. The summed E-state index contributed by atoms with van der Waals surface area (Å²) in [6.07, 6.45) is 0. The van der Waals surface area contributed by atoms with Gasteiger partial charge in [0.2, 0.25) is 0 Å². The maximum Gasteiger partial charge on any atom is 0.0327 e. The summed E-state index contributed by atoms with van der Waals surface area (Å²) >= 11 is 0. The molecule has 0 aliphatic carbocycles. The highest BCUT2D eigenvalue weighted by Gasteiger charge is 2.09. The SMILES string of the molecule is C(#Cc1ccccc1-c1ccccc1C#Cc1ccccc1-c1ccccc1C#Cc1ccccc1)c1ccccc1. The fraction of sp³-hybridized carbons (Fsp3) is 0. The summed E-state index contributed by atoms with van der Waals surface area (Å²) in [5.74, 6) is 20.3. The van der Waals surface area contributed by atoms with Crippen molar-refractivity contribution in [3.8, 4) is 57.8 Å². The minimum Gasteiger partial charge on any atom is -0.0622 e. The van der Waals surface area contributed by atoms with Gasteiger partial charge in [0, 0.05) is 33.4 Å². The zero-order valence-corrected chi connectivity index (χ0v) is 23.0. The molecule has 6 aromatic rings. The molecule has 0 aliphatic heterocycles. The van der Waals surface area contributed by atoms with Crippen LogP contribution in [0.1, 0.15) is 33.4 Å². The Labute approximate surface area is 248 Å². The Hall–Kier alpha value is -6.00. The van der Waals surface area contributed by atoms with Crippen LogP contribution in [0.4, 0.5) is 0 Å². The van der Waals surface area contributed by atoms with Crippen molar-refractivity contribution in [2.75, 3.05) is 0 Å². The molecule has 6 aromatic carbocycles. The van der Waals surface area contributed by atoms with Crippen LogP contribution >= 0.6 is 0 Å². The molecule has 0 fully saturated rings. The molecule has 0 amide bonds. The van der Waals surface area contributed by atoms with Gasteiger partial charge in [0.15, 0.2) is 0 Å². The quantitative estimate of drug-likeness (QED) is 0.196. The van der Waals surface area contributed by atoms with Crippen LogP contribution in [0, 0.1) is 35.5 Å². The summed E-state index contributed by atoms with van der Waals surface area (Å²) in [7, 11) is 0. The first-order valence-electron chi connectivity index (χ1n) is 13.9. The highest BCUT2D eigenvalue weighted by atomic mass is 14.1. The van der Waals surface area contributed by atoms with Crippen LogP contribution in [0.25, 0.3) is 22.3 Å². The van der Waals surface area contributed by atoms with Crippen molar-refractivity contribution in [3.63, 3.8) is 0 Å². The summed E-state index contributed by atoms with van der Waals surface area (Å²) in [5, 5.41) is 0. The van der Waals surface area contributed by atoms with E-state index in [1.54, 1.807) is 0 Å². The third-order valence-electron chi connectivity index (χ3n) is 6.85. The highest BCUT2D eigenvalue weighted by Crippen LogP contribution is 2.29. The van der Waals surface area contributed by atoms with Gasteiger partial charge >= 0.3 is 0 Å². The second kappa shape index (κ2) is 12.9. The van der Waals surface area contributed by atoms with Gasteiger partial charge in [-0.15, -0.1) is 0 Å². The summed E-state index contributed by atoms with van der Waals surface area (Å²) in [6, 6.07) is 53.2. The molecule has 194 valence electrons. The van der Waals surface area contributed by atoms with E-state index in [9.17, 15) is 0 Å². The van der Waals surface area contributed by atoms with Gasteiger partial charge in [-0.2, -0.15) is 0 Å². The minimum absolute atomic E-state index is 0.957. The van der Waals surface area contributed by atoms with E-state index in [0.717, 1.165) is 55.6 Å². The van der Waals surface area contributed by atoms with Crippen LogP contribution in [0.15, 0.2) is 158 Å². The molecule has 0 aliphatic rings. The lowest BCUT2D eigenvalue weighted by Gasteiger charge is -2.09. The molecule has 0 saturated heterocycles. The van der Waals surface area contributed by atoms with Crippen molar-refractivity contribution in [3.05, 3.63) is 191 Å². The van der Waals surface area contributed by atoms with Gasteiger partial charge in [0.05, 0.1) is 0 Å². The van der Waals surface area contributed by atoms with E-state index in [-0.39, 0.29) is 0 Å². The molecular weight excluding hydrogens is 504 g/mol. The predicted molar refractivity (Wildman–Crippen MR) is 175 cm³/mol. The number of benzene rings is 6. The second-order valence-corrected chi connectivity index (χ2v) is 9.66. The molecule has 0 nitrogen and oxygen atoms in total. The summed E-state index contributed by atoms with van der Waals surface area (Å²) in [4.78, 5) is 0. The topological polar surface area (TPSA) is 0 Å². The third-order valence-corrected chi connectivity index (χ3v) is 6.85. The Balaban J connectivity index is 1.38. The van der Waals surface area contributed by atoms with Crippen molar-refractivity contribution in [2.24, 2.45) is 0 Å². The van der Waals surface area contributed by atoms with E-state index in [0.29, 0.717) is 0 Å². The van der Waals surface area contributed by atoms with Gasteiger partial charge in [-0.25, -0.2) is 0 Å². The number of rotatable bonds is 2. The first-order chi connectivity index (χ1) is 20.8. The van der Waals surface area contributed by atoms with Gasteiger partial charge in [-0.1, -0.05) is 145 Å². The standard InChI is InChI=1S/C42H26/c1-3-15-33(16-4-1)27-29-35-19-7-11-23-39(35)41-25-13-9-21-37(41)31-32-38-22-10-14-26-42(38)40-24-12-8-20-36(40)30-28-34-17-5-2-6-18-34/h1-26H. The minimum atomic E-state index is 0.957. The van der Waals surface area contributed by atoms with Crippen molar-refractivity contribution in [2.45, 2.75) is 0 Å². The summed E-state index contributed by atoms with van der Waals surface area (Å²) < 4.78 is 0. The van der Waals surface area contributed by atoms with E-state index in [1.165, 1.54) is 0 Å². The lowest BCUT2D eigenvalue weighted by atomic mass is 9.94. The Bertz CT molecular complexity index is 1880. The van der Waals surface area contributed by atoms with Crippen molar-refractivity contribution < 1.29 is 0 Å². The van der Waals surface area contributed by atoms with Gasteiger partial charge in [0.25, 0.3) is 0 Å². The molecule has 0 spiro atoms. The van der Waals surface area contributed by atoms with Crippen LogP contribution in [0.3, 0.4) is 0 Å². The molecule has 0 heteroatoms. The third kappa shape index (κ3) is 6.24.